The average molecular weight is 644 g/mol. The van der Waals surface area contributed by atoms with Crippen molar-refractivity contribution < 1.29 is 22.4 Å². The smallest absolute Gasteiger partial charge is 0.264 e. The molecule has 0 heterocycles. The van der Waals surface area contributed by atoms with Crippen LogP contribution in [0.15, 0.2) is 102 Å². The van der Waals surface area contributed by atoms with Crippen LogP contribution in [-0.4, -0.2) is 43.8 Å². The number of nitrogens with zero attached hydrogens (tertiary/aromatic N) is 2. The molecule has 2 atom stereocenters. The van der Waals surface area contributed by atoms with E-state index in [1.165, 1.54) is 23.1 Å². The van der Waals surface area contributed by atoms with Gasteiger partial charge in [0.05, 0.1) is 10.6 Å². The number of sulfonamides is 1. The Morgan fingerprint density at radius 1 is 0.848 bits per heavy atom. The zero-order chi connectivity index (χ0) is 33.4. The molecule has 0 bridgehead atoms. The van der Waals surface area contributed by atoms with E-state index in [1.54, 1.807) is 42.5 Å². The summed E-state index contributed by atoms with van der Waals surface area (Å²) in [5, 5.41) is 2.99. The molecule has 4 aromatic rings. The van der Waals surface area contributed by atoms with Gasteiger partial charge in [0.25, 0.3) is 10.0 Å². The minimum absolute atomic E-state index is 0.0304. The maximum atomic E-state index is 15.1. The highest BCUT2D eigenvalue weighted by Crippen LogP contribution is 2.29. The van der Waals surface area contributed by atoms with Crippen molar-refractivity contribution in [2.24, 2.45) is 0 Å². The van der Waals surface area contributed by atoms with E-state index in [1.807, 2.05) is 71.0 Å². The lowest BCUT2D eigenvalue weighted by Gasteiger charge is -2.34. The Morgan fingerprint density at radius 2 is 1.50 bits per heavy atom. The maximum absolute atomic E-state index is 15.1. The van der Waals surface area contributed by atoms with Gasteiger partial charge in [0.2, 0.25) is 11.8 Å². The molecule has 0 aliphatic carbocycles. The highest BCUT2D eigenvalue weighted by atomic mass is 32.2. The summed E-state index contributed by atoms with van der Waals surface area (Å²) in [6.07, 6.45) is 0.817. The molecule has 0 radical (unpaired) electrons. The Bertz CT molecular complexity index is 1760. The van der Waals surface area contributed by atoms with Crippen molar-refractivity contribution in [1.29, 1.82) is 0 Å². The van der Waals surface area contributed by atoms with Crippen molar-refractivity contribution >= 4 is 27.5 Å². The topological polar surface area (TPSA) is 86.8 Å². The van der Waals surface area contributed by atoms with Gasteiger partial charge >= 0.3 is 0 Å². The van der Waals surface area contributed by atoms with Gasteiger partial charge in [-0.3, -0.25) is 13.9 Å². The van der Waals surface area contributed by atoms with Gasteiger partial charge in [-0.15, -0.1) is 0 Å². The standard InChI is InChI=1S/C37H42FN3O4S/c1-6-28(4)39-37(43)35(23-30-14-8-7-9-15-30)40(24-31-16-10-11-17-33(31)38)36(42)25-41(34-18-12-13-27(3)29(34)5)46(44,45)32-21-19-26(2)20-22-32/h7-22,28,35H,6,23-25H2,1-5H3,(H,39,43)/t28-,35+/m1/s1. The van der Waals surface area contributed by atoms with Crippen LogP contribution in [0.5, 0.6) is 0 Å². The Balaban J connectivity index is 1.85. The third kappa shape index (κ3) is 8.20. The van der Waals surface area contributed by atoms with Crippen molar-refractivity contribution in [3.8, 4) is 0 Å². The Morgan fingerprint density at radius 3 is 2.15 bits per heavy atom. The Kier molecular flexibility index (Phi) is 11.4. The summed E-state index contributed by atoms with van der Waals surface area (Å²) in [7, 11) is -4.24. The lowest BCUT2D eigenvalue weighted by Crippen LogP contribution is -2.54. The minimum atomic E-state index is -4.24. The summed E-state index contributed by atoms with van der Waals surface area (Å²) in [4.78, 5) is 29.8. The summed E-state index contributed by atoms with van der Waals surface area (Å²) in [5.74, 6) is -1.57. The Hall–Kier alpha value is -4.50. The monoisotopic (exact) mass is 643 g/mol. The van der Waals surface area contributed by atoms with Crippen LogP contribution in [0.4, 0.5) is 10.1 Å². The lowest BCUT2D eigenvalue weighted by molar-refractivity contribution is -0.140. The van der Waals surface area contributed by atoms with Crippen molar-refractivity contribution in [2.45, 2.75) is 71.0 Å². The van der Waals surface area contributed by atoms with E-state index < -0.39 is 40.2 Å². The predicted octanol–water partition coefficient (Wildman–Crippen LogP) is 6.50. The molecule has 2 amide bonds. The van der Waals surface area contributed by atoms with Gasteiger partial charge in [0.15, 0.2) is 0 Å². The van der Waals surface area contributed by atoms with E-state index in [4.69, 9.17) is 0 Å². The number of hydrogen-bond acceptors (Lipinski definition) is 4. The first-order chi connectivity index (χ1) is 21.9. The van der Waals surface area contributed by atoms with Crippen LogP contribution in [-0.2, 0) is 32.6 Å². The normalized spacial score (nSPS) is 12.7. The molecule has 0 saturated carbocycles. The number of halogens is 1. The predicted molar refractivity (Wildman–Crippen MR) is 180 cm³/mol. The molecule has 46 heavy (non-hydrogen) atoms. The molecular formula is C37H42FN3O4S. The van der Waals surface area contributed by atoms with Crippen molar-refractivity contribution in [2.75, 3.05) is 10.8 Å². The molecule has 0 aliphatic heterocycles. The first kappa shape index (κ1) is 34.4. The molecule has 1 N–H and O–H groups in total. The van der Waals surface area contributed by atoms with E-state index in [2.05, 4.69) is 5.32 Å². The highest BCUT2D eigenvalue weighted by molar-refractivity contribution is 7.92. The van der Waals surface area contributed by atoms with Gasteiger partial charge in [-0.2, -0.15) is 0 Å². The van der Waals surface area contributed by atoms with Gasteiger partial charge in [-0.25, -0.2) is 12.8 Å². The largest absolute Gasteiger partial charge is 0.352 e. The van der Waals surface area contributed by atoms with Gasteiger partial charge < -0.3 is 10.2 Å². The SMILES string of the molecule is CC[C@@H](C)NC(=O)[C@H](Cc1ccccc1)N(Cc1ccccc1F)C(=O)CN(c1cccc(C)c1C)S(=O)(=O)c1ccc(C)cc1. The van der Waals surface area contributed by atoms with Crippen LogP contribution < -0.4 is 9.62 Å². The number of carbonyl (C=O) groups is 2. The molecule has 0 aliphatic rings. The van der Waals surface area contributed by atoms with Crippen LogP contribution in [0.1, 0.15) is 48.1 Å². The molecule has 242 valence electrons. The molecular weight excluding hydrogens is 601 g/mol. The summed E-state index contributed by atoms with van der Waals surface area (Å²) in [6.45, 7) is 8.52. The fourth-order valence-electron chi connectivity index (χ4n) is 5.16. The van der Waals surface area contributed by atoms with E-state index in [0.29, 0.717) is 17.7 Å². The van der Waals surface area contributed by atoms with E-state index in [9.17, 15) is 18.0 Å². The first-order valence-corrected chi connectivity index (χ1v) is 16.9. The lowest BCUT2D eigenvalue weighted by atomic mass is 10.0. The van der Waals surface area contributed by atoms with Crippen LogP contribution in [0.2, 0.25) is 0 Å². The zero-order valence-electron chi connectivity index (χ0n) is 27.0. The summed E-state index contributed by atoms with van der Waals surface area (Å²) in [6, 6.07) is 25.8. The fraction of sp³-hybridized carbons (Fsp3) is 0.297. The molecule has 4 aromatic carbocycles. The number of carbonyl (C=O) groups excluding carboxylic acids is 2. The van der Waals surface area contributed by atoms with E-state index in [0.717, 1.165) is 21.0 Å². The molecule has 9 heteroatoms. The number of anilines is 1. The van der Waals surface area contributed by atoms with Crippen molar-refractivity contribution in [1.82, 2.24) is 10.2 Å². The number of aryl methyl sites for hydroxylation is 2. The third-order valence-electron chi connectivity index (χ3n) is 8.30. The molecule has 0 aromatic heterocycles. The van der Waals surface area contributed by atoms with Crippen LogP contribution in [0, 0.1) is 26.6 Å². The summed E-state index contributed by atoms with van der Waals surface area (Å²) >= 11 is 0. The molecule has 0 unspecified atom stereocenters. The number of nitrogens with one attached hydrogen (secondary N) is 1. The Labute approximate surface area is 272 Å². The number of rotatable bonds is 13. The summed E-state index contributed by atoms with van der Waals surface area (Å²) < 4.78 is 44.7. The molecule has 0 saturated heterocycles. The minimum Gasteiger partial charge on any atom is -0.352 e. The second-order valence-corrected chi connectivity index (χ2v) is 13.5. The van der Waals surface area contributed by atoms with Gasteiger partial charge in [-0.1, -0.05) is 85.3 Å². The van der Waals surface area contributed by atoms with Crippen molar-refractivity contribution in [3.63, 3.8) is 0 Å². The summed E-state index contributed by atoms with van der Waals surface area (Å²) in [5.41, 5.74) is 3.81. The van der Waals surface area contributed by atoms with E-state index >= 15 is 4.39 Å². The maximum Gasteiger partial charge on any atom is 0.264 e. The number of benzene rings is 4. The van der Waals surface area contributed by atoms with Crippen LogP contribution in [0.25, 0.3) is 0 Å². The number of amides is 2. The molecule has 0 fully saturated rings. The van der Waals surface area contributed by atoms with Gasteiger partial charge in [-0.05, 0) is 75.1 Å². The van der Waals surface area contributed by atoms with Gasteiger partial charge in [0, 0.05) is 24.6 Å². The molecule has 4 rings (SSSR count). The van der Waals surface area contributed by atoms with Crippen LogP contribution in [0.3, 0.4) is 0 Å². The molecule has 0 spiro atoms. The second-order valence-electron chi connectivity index (χ2n) is 11.7. The van der Waals surface area contributed by atoms with E-state index in [-0.39, 0.29) is 29.5 Å². The highest BCUT2D eigenvalue weighted by Gasteiger charge is 2.35. The number of hydrogen-bond donors (Lipinski definition) is 1. The quantitative estimate of drug-likeness (QED) is 0.180. The van der Waals surface area contributed by atoms with Crippen LogP contribution >= 0.6 is 0 Å². The van der Waals surface area contributed by atoms with Gasteiger partial charge in [0.1, 0.15) is 18.4 Å². The average Bonchev–Trinajstić information content (AvgIpc) is 3.04. The zero-order valence-corrected chi connectivity index (χ0v) is 27.9. The van der Waals surface area contributed by atoms with Crippen molar-refractivity contribution in [3.05, 3.63) is 131 Å². The fourth-order valence-corrected chi connectivity index (χ4v) is 6.63. The third-order valence-corrected chi connectivity index (χ3v) is 10.1. The first-order valence-electron chi connectivity index (χ1n) is 15.4. The molecule has 7 nitrogen and oxygen atoms in total. The second kappa shape index (κ2) is 15.2.